The summed E-state index contributed by atoms with van der Waals surface area (Å²) < 4.78 is 56.2. The number of hydrogen-bond donors (Lipinski definition) is 3. The largest absolute Gasteiger partial charge is 0.478 e. The standard InChI is InChI=1S/C17H23N3O6S2/c1-17(2,13-3-7-15(8-4-13)27(18,21)22)26-12-20-11-25-14-5-9-16(10-6-14)28(19,23)24/h3-10,20H,11-12H2,1-2H3,(H2,18,21,22)(H2,19,23,24). The minimum Gasteiger partial charge on any atom is -0.478 e. The van der Waals surface area contributed by atoms with E-state index in [0.29, 0.717) is 5.75 Å². The topological polar surface area (TPSA) is 151 Å². The van der Waals surface area contributed by atoms with E-state index >= 15 is 0 Å². The maximum absolute atomic E-state index is 11.3. The zero-order chi connectivity index (χ0) is 21.0. The summed E-state index contributed by atoms with van der Waals surface area (Å²) in [7, 11) is -7.47. The van der Waals surface area contributed by atoms with Crippen molar-refractivity contribution < 1.29 is 26.3 Å². The van der Waals surface area contributed by atoms with E-state index in [9.17, 15) is 16.8 Å². The summed E-state index contributed by atoms with van der Waals surface area (Å²) in [5.74, 6) is 0.470. The molecule has 0 unspecified atom stereocenters. The van der Waals surface area contributed by atoms with Crippen LogP contribution >= 0.6 is 0 Å². The molecule has 154 valence electrons. The van der Waals surface area contributed by atoms with Crippen molar-refractivity contribution in [1.82, 2.24) is 5.32 Å². The van der Waals surface area contributed by atoms with E-state index in [-0.39, 0.29) is 23.3 Å². The zero-order valence-electron chi connectivity index (χ0n) is 15.5. The molecule has 11 heteroatoms. The zero-order valence-corrected chi connectivity index (χ0v) is 17.1. The van der Waals surface area contributed by atoms with Crippen LogP contribution in [0.5, 0.6) is 5.75 Å². The van der Waals surface area contributed by atoms with Gasteiger partial charge in [-0.2, -0.15) is 0 Å². The minimum atomic E-state index is -3.74. The Morgan fingerprint density at radius 1 is 0.821 bits per heavy atom. The van der Waals surface area contributed by atoms with Crippen LogP contribution in [0.1, 0.15) is 19.4 Å². The molecule has 0 bridgehead atoms. The molecule has 0 saturated carbocycles. The van der Waals surface area contributed by atoms with Gasteiger partial charge in [0.25, 0.3) is 0 Å². The van der Waals surface area contributed by atoms with Crippen LogP contribution in [-0.2, 0) is 30.4 Å². The Labute approximate surface area is 164 Å². The quantitative estimate of drug-likeness (QED) is 0.394. The molecule has 0 fully saturated rings. The van der Waals surface area contributed by atoms with Gasteiger partial charge in [0.05, 0.1) is 15.4 Å². The highest BCUT2D eigenvalue weighted by Crippen LogP contribution is 2.25. The Morgan fingerprint density at radius 2 is 1.29 bits per heavy atom. The molecule has 0 aliphatic rings. The van der Waals surface area contributed by atoms with Crippen molar-refractivity contribution in [3.8, 4) is 5.75 Å². The van der Waals surface area contributed by atoms with Crippen molar-refractivity contribution in [3.05, 3.63) is 54.1 Å². The lowest BCUT2D eigenvalue weighted by Gasteiger charge is -2.26. The van der Waals surface area contributed by atoms with Crippen molar-refractivity contribution >= 4 is 20.0 Å². The lowest BCUT2D eigenvalue weighted by molar-refractivity contribution is -0.0368. The molecule has 0 aliphatic carbocycles. The van der Waals surface area contributed by atoms with Crippen LogP contribution in [0.15, 0.2) is 58.3 Å². The number of rotatable bonds is 9. The van der Waals surface area contributed by atoms with Gasteiger partial charge in [-0.15, -0.1) is 0 Å². The van der Waals surface area contributed by atoms with Gasteiger partial charge in [0.1, 0.15) is 19.2 Å². The summed E-state index contributed by atoms with van der Waals surface area (Å²) in [5.41, 5.74) is 0.0994. The molecule has 0 spiro atoms. The third kappa shape index (κ3) is 6.26. The molecule has 0 aromatic heterocycles. The van der Waals surface area contributed by atoms with Crippen molar-refractivity contribution in [2.75, 3.05) is 13.5 Å². The summed E-state index contributed by atoms with van der Waals surface area (Å²) in [6, 6.07) is 11.9. The molecular formula is C17H23N3O6S2. The van der Waals surface area contributed by atoms with E-state index in [1.54, 1.807) is 12.1 Å². The number of hydrogen-bond acceptors (Lipinski definition) is 7. The smallest absolute Gasteiger partial charge is 0.238 e. The van der Waals surface area contributed by atoms with E-state index in [2.05, 4.69) is 5.32 Å². The van der Waals surface area contributed by atoms with Crippen LogP contribution in [0.2, 0.25) is 0 Å². The predicted molar refractivity (Wildman–Crippen MR) is 103 cm³/mol. The van der Waals surface area contributed by atoms with Crippen molar-refractivity contribution in [2.24, 2.45) is 10.3 Å². The second-order valence-electron chi connectivity index (χ2n) is 6.42. The summed E-state index contributed by atoms with van der Waals surface area (Å²) in [6.07, 6.45) is 0. The van der Waals surface area contributed by atoms with Gasteiger partial charge in [0.2, 0.25) is 20.0 Å². The monoisotopic (exact) mass is 429 g/mol. The van der Waals surface area contributed by atoms with E-state index in [1.807, 2.05) is 13.8 Å². The highest BCUT2D eigenvalue weighted by Gasteiger charge is 2.21. The summed E-state index contributed by atoms with van der Waals surface area (Å²) in [6.45, 7) is 3.98. The third-order valence-electron chi connectivity index (χ3n) is 3.91. The first kappa shape index (κ1) is 22.3. The highest BCUT2D eigenvalue weighted by molar-refractivity contribution is 7.89. The molecule has 28 heavy (non-hydrogen) atoms. The Morgan fingerprint density at radius 3 is 1.75 bits per heavy atom. The van der Waals surface area contributed by atoms with E-state index in [1.165, 1.54) is 36.4 Å². The van der Waals surface area contributed by atoms with Gasteiger partial charge >= 0.3 is 0 Å². The number of nitrogens with two attached hydrogens (primary N) is 2. The predicted octanol–water partition coefficient (Wildman–Crippen LogP) is 0.817. The minimum absolute atomic E-state index is 0.00588. The first-order chi connectivity index (χ1) is 12.9. The van der Waals surface area contributed by atoms with Gasteiger partial charge in [-0.05, 0) is 55.8 Å². The fourth-order valence-electron chi connectivity index (χ4n) is 2.26. The maximum Gasteiger partial charge on any atom is 0.238 e. The fraction of sp³-hybridized carbons (Fsp3) is 0.294. The van der Waals surface area contributed by atoms with Crippen molar-refractivity contribution in [3.63, 3.8) is 0 Å². The van der Waals surface area contributed by atoms with E-state index in [4.69, 9.17) is 19.8 Å². The average molecular weight is 430 g/mol. The van der Waals surface area contributed by atoms with Crippen LogP contribution in [0, 0.1) is 0 Å². The van der Waals surface area contributed by atoms with Gasteiger partial charge in [0, 0.05) is 0 Å². The van der Waals surface area contributed by atoms with Gasteiger partial charge < -0.3 is 9.47 Å². The molecule has 2 aromatic carbocycles. The fourth-order valence-corrected chi connectivity index (χ4v) is 3.29. The Hall–Kier alpha value is -2.02. The first-order valence-corrected chi connectivity index (χ1v) is 11.2. The van der Waals surface area contributed by atoms with Crippen molar-refractivity contribution in [1.29, 1.82) is 0 Å². The molecule has 0 saturated heterocycles. The SMILES string of the molecule is CC(C)(OCNCOc1ccc(S(N)(=O)=O)cc1)c1ccc(S(N)(=O)=O)cc1. The van der Waals surface area contributed by atoms with Crippen LogP contribution in [0.25, 0.3) is 0 Å². The molecule has 0 amide bonds. The molecule has 5 N–H and O–H groups in total. The average Bonchev–Trinajstić information content (AvgIpc) is 2.60. The molecule has 2 aromatic rings. The Bertz CT molecular complexity index is 1000. The lowest BCUT2D eigenvalue weighted by atomic mass is 9.98. The maximum atomic E-state index is 11.3. The number of sulfonamides is 2. The molecule has 2 rings (SSSR count). The molecule has 9 nitrogen and oxygen atoms in total. The summed E-state index contributed by atoms with van der Waals surface area (Å²) in [4.78, 5) is 0.0402. The second kappa shape index (κ2) is 8.55. The number of primary sulfonamides is 2. The molecule has 0 radical (unpaired) electrons. The van der Waals surface area contributed by atoms with Crippen LogP contribution < -0.4 is 20.3 Å². The summed E-state index contributed by atoms with van der Waals surface area (Å²) in [5, 5.41) is 13.1. The normalized spacial score (nSPS) is 12.7. The number of ether oxygens (including phenoxy) is 2. The molecule has 0 heterocycles. The highest BCUT2D eigenvalue weighted by atomic mass is 32.2. The van der Waals surface area contributed by atoms with E-state index < -0.39 is 25.6 Å². The lowest BCUT2D eigenvalue weighted by Crippen LogP contribution is -2.30. The van der Waals surface area contributed by atoms with E-state index in [0.717, 1.165) is 5.56 Å². The Balaban J connectivity index is 1.82. The number of benzene rings is 2. The number of nitrogens with one attached hydrogen (secondary N) is 1. The van der Waals surface area contributed by atoms with Gasteiger partial charge in [-0.25, -0.2) is 27.1 Å². The van der Waals surface area contributed by atoms with Gasteiger partial charge in [-0.3, -0.25) is 5.32 Å². The van der Waals surface area contributed by atoms with Crippen LogP contribution in [-0.4, -0.2) is 30.3 Å². The van der Waals surface area contributed by atoms with Gasteiger partial charge in [-0.1, -0.05) is 12.1 Å². The third-order valence-corrected chi connectivity index (χ3v) is 5.76. The second-order valence-corrected chi connectivity index (χ2v) is 9.55. The molecular weight excluding hydrogens is 406 g/mol. The van der Waals surface area contributed by atoms with Gasteiger partial charge in [0.15, 0.2) is 0 Å². The molecule has 0 aliphatic heterocycles. The van der Waals surface area contributed by atoms with Crippen molar-refractivity contribution in [2.45, 2.75) is 29.2 Å². The van der Waals surface area contributed by atoms with Crippen LogP contribution in [0.4, 0.5) is 0 Å². The first-order valence-electron chi connectivity index (χ1n) is 8.13. The molecule has 0 atom stereocenters. The summed E-state index contributed by atoms with van der Waals surface area (Å²) >= 11 is 0. The Kier molecular flexibility index (Phi) is 6.80. The van der Waals surface area contributed by atoms with Crippen LogP contribution in [0.3, 0.4) is 0 Å².